The molecule has 1 atom stereocenters. The fraction of sp³-hybridized carbons (Fsp3) is 0.143. The van der Waals surface area contributed by atoms with Gasteiger partial charge in [-0.2, -0.15) is 0 Å². The van der Waals surface area contributed by atoms with Crippen molar-refractivity contribution in [2.75, 3.05) is 0 Å². The lowest BCUT2D eigenvalue weighted by molar-refractivity contribution is -0.387. The Balaban J connectivity index is 2.41. The van der Waals surface area contributed by atoms with Gasteiger partial charge in [-0.3, -0.25) is 10.1 Å². The first-order valence-electron chi connectivity index (χ1n) is 5.88. The maximum absolute atomic E-state index is 11.1. The summed E-state index contributed by atoms with van der Waals surface area (Å²) in [6.45, 7) is 1.57. The SMILES string of the molecule is C[C@@H](O)c1ccc(Sc2ccccc2Cl)c([N+](=O)[O-])c1. The Morgan fingerprint density at radius 2 is 1.95 bits per heavy atom. The van der Waals surface area contributed by atoms with Gasteiger partial charge in [0.2, 0.25) is 0 Å². The number of benzene rings is 2. The van der Waals surface area contributed by atoms with Crippen molar-refractivity contribution in [3.05, 3.63) is 63.2 Å². The van der Waals surface area contributed by atoms with Crippen LogP contribution in [0.15, 0.2) is 52.3 Å². The van der Waals surface area contributed by atoms with Crippen LogP contribution >= 0.6 is 23.4 Å². The van der Waals surface area contributed by atoms with Gasteiger partial charge in [0.1, 0.15) is 0 Å². The minimum Gasteiger partial charge on any atom is -0.389 e. The van der Waals surface area contributed by atoms with E-state index in [1.54, 1.807) is 37.3 Å². The van der Waals surface area contributed by atoms with Crippen LogP contribution in [0, 0.1) is 10.1 Å². The summed E-state index contributed by atoms with van der Waals surface area (Å²) >= 11 is 7.29. The summed E-state index contributed by atoms with van der Waals surface area (Å²) in [6, 6.07) is 11.9. The second-order valence-corrected chi connectivity index (χ2v) is 5.68. The standard InChI is InChI=1S/C14H12ClNO3S/c1-9(17)10-6-7-14(12(8-10)16(18)19)20-13-5-3-2-4-11(13)15/h2-9,17H,1H3/t9-/m1/s1. The van der Waals surface area contributed by atoms with Crippen molar-refractivity contribution in [3.63, 3.8) is 0 Å². The first-order valence-corrected chi connectivity index (χ1v) is 7.07. The number of hydrogen-bond acceptors (Lipinski definition) is 4. The van der Waals surface area contributed by atoms with E-state index in [0.29, 0.717) is 15.5 Å². The Labute approximate surface area is 125 Å². The number of halogens is 1. The Morgan fingerprint density at radius 3 is 2.55 bits per heavy atom. The van der Waals surface area contributed by atoms with Crippen LogP contribution in [0.1, 0.15) is 18.6 Å². The van der Waals surface area contributed by atoms with E-state index in [1.807, 2.05) is 6.07 Å². The van der Waals surface area contributed by atoms with Crippen molar-refractivity contribution < 1.29 is 10.0 Å². The number of rotatable bonds is 4. The second-order valence-electron chi connectivity index (χ2n) is 4.19. The van der Waals surface area contributed by atoms with E-state index in [1.165, 1.54) is 17.8 Å². The van der Waals surface area contributed by atoms with Crippen molar-refractivity contribution in [2.45, 2.75) is 22.8 Å². The van der Waals surface area contributed by atoms with Crippen LogP contribution in [0.3, 0.4) is 0 Å². The number of hydrogen-bond donors (Lipinski definition) is 1. The van der Waals surface area contributed by atoms with Gasteiger partial charge in [-0.25, -0.2) is 0 Å². The van der Waals surface area contributed by atoms with Crippen molar-refractivity contribution >= 4 is 29.1 Å². The molecule has 2 aromatic carbocycles. The average Bonchev–Trinajstić information content (AvgIpc) is 2.41. The third kappa shape index (κ3) is 3.30. The summed E-state index contributed by atoms with van der Waals surface area (Å²) < 4.78 is 0. The molecule has 0 aliphatic carbocycles. The molecule has 0 heterocycles. The summed E-state index contributed by atoms with van der Waals surface area (Å²) in [5, 5.41) is 21.2. The van der Waals surface area contributed by atoms with Crippen molar-refractivity contribution in [3.8, 4) is 0 Å². The lowest BCUT2D eigenvalue weighted by atomic mass is 10.1. The number of nitro groups is 1. The van der Waals surface area contributed by atoms with Crippen molar-refractivity contribution in [1.82, 2.24) is 0 Å². The summed E-state index contributed by atoms with van der Waals surface area (Å²) in [7, 11) is 0. The molecule has 2 aromatic rings. The average molecular weight is 310 g/mol. The third-order valence-electron chi connectivity index (χ3n) is 2.72. The van der Waals surface area contributed by atoms with E-state index in [-0.39, 0.29) is 5.69 Å². The van der Waals surface area contributed by atoms with Crippen LogP contribution in [0.4, 0.5) is 5.69 Å². The fourth-order valence-corrected chi connectivity index (χ4v) is 2.84. The number of nitro benzene ring substituents is 1. The Kier molecular flexibility index (Phi) is 4.65. The molecule has 0 spiro atoms. The van der Waals surface area contributed by atoms with Gasteiger partial charge in [-0.15, -0.1) is 0 Å². The zero-order valence-electron chi connectivity index (χ0n) is 10.6. The number of aliphatic hydroxyl groups is 1. The van der Waals surface area contributed by atoms with Gasteiger partial charge in [0.15, 0.2) is 0 Å². The lowest BCUT2D eigenvalue weighted by Gasteiger charge is -2.08. The van der Waals surface area contributed by atoms with Gasteiger partial charge in [0.05, 0.1) is 20.9 Å². The van der Waals surface area contributed by atoms with Crippen LogP contribution < -0.4 is 0 Å². The van der Waals surface area contributed by atoms with Gasteiger partial charge >= 0.3 is 0 Å². The zero-order valence-corrected chi connectivity index (χ0v) is 12.2. The van der Waals surface area contributed by atoms with E-state index in [0.717, 1.165) is 4.90 Å². The molecule has 0 aliphatic heterocycles. The first-order chi connectivity index (χ1) is 9.49. The van der Waals surface area contributed by atoms with Crippen LogP contribution in [-0.4, -0.2) is 10.0 Å². The molecule has 1 N–H and O–H groups in total. The highest BCUT2D eigenvalue weighted by Gasteiger charge is 2.18. The Morgan fingerprint density at radius 1 is 1.25 bits per heavy atom. The van der Waals surface area contributed by atoms with Crippen molar-refractivity contribution in [2.24, 2.45) is 0 Å². The molecule has 2 rings (SSSR count). The highest BCUT2D eigenvalue weighted by molar-refractivity contribution is 7.99. The number of nitrogens with zero attached hydrogens (tertiary/aromatic N) is 1. The molecule has 0 saturated heterocycles. The molecule has 0 saturated carbocycles. The van der Waals surface area contributed by atoms with Crippen LogP contribution in [-0.2, 0) is 0 Å². The van der Waals surface area contributed by atoms with E-state index >= 15 is 0 Å². The minimum atomic E-state index is -0.743. The number of aliphatic hydroxyl groups excluding tert-OH is 1. The summed E-state index contributed by atoms with van der Waals surface area (Å²) in [6.07, 6.45) is -0.743. The molecular formula is C14H12ClNO3S. The van der Waals surface area contributed by atoms with Gasteiger partial charge in [0.25, 0.3) is 5.69 Å². The third-order valence-corrected chi connectivity index (χ3v) is 4.30. The van der Waals surface area contributed by atoms with E-state index in [9.17, 15) is 15.2 Å². The molecule has 0 amide bonds. The smallest absolute Gasteiger partial charge is 0.283 e. The Bertz CT molecular complexity index is 646. The van der Waals surface area contributed by atoms with Gasteiger partial charge < -0.3 is 5.11 Å². The van der Waals surface area contributed by atoms with E-state index in [2.05, 4.69) is 0 Å². The molecule has 0 aliphatic rings. The minimum absolute atomic E-state index is 0.0340. The predicted molar refractivity (Wildman–Crippen MR) is 79.3 cm³/mol. The van der Waals surface area contributed by atoms with Gasteiger partial charge in [-0.05, 0) is 30.7 Å². The van der Waals surface area contributed by atoms with Gasteiger partial charge in [-0.1, -0.05) is 41.6 Å². The van der Waals surface area contributed by atoms with Crippen LogP contribution in [0.2, 0.25) is 5.02 Å². The van der Waals surface area contributed by atoms with E-state index < -0.39 is 11.0 Å². The maximum atomic E-state index is 11.1. The molecule has 0 aromatic heterocycles. The first kappa shape index (κ1) is 14.8. The Hall–Kier alpha value is -1.56. The van der Waals surface area contributed by atoms with E-state index in [4.69, 9.17) is 11.6 Å². The normalized spacial score (nSPS) is 12.2. The molecule has 0 unspecified atom stereocenters. The molecule has 4 nitrogen and oxygen atoms in total. The molecule has 6 heteroatoms. The van der Waals surface area contributed by atoms with Gasteiger partial charge in [0, 0.05) is 11.0 Å². The predicted octanol–water partition coefficient (Wildman–Crippen LogP) is 4.45. The summed E-state index contributed by atoms with van der Waals surface area (Å²) in [4.78, 5) is 11.9. The van der Waals surface area contributed by atoms with Crippen molar-refractivity contribution in [1.29, 1.82) is 0 Å². The summed E-state index contributed by atoms with van der Waals surface area (Å²) in [5.74, 6) is 0. The topological polar surface area (TPSA) is 63.4 Å². The van der Waals surface area contributed by atoms with Crippen LogP contribution in [0.25, 0.3) is 0 Å². The molecule has 104 valence electrons. The quantitative estimate of drug-likeness (QED) is 0.669. The fourth-order valence-electron chi connectivity index (χ4n) is 1.67. The molecule has 0 bridgehead atoms. The monoisotopic (exact) mass is 309 g/mol. The largest absolute Gasteiger partial charge is 0.389 e. The molecule has 0 radical (unpaired) electrons. The maximum Gasteiger partial charge on any atom is 0.283 e. The summed E-state index contributed by atoms with van der Waals surface area (Å²) in [5.41, 5.74) is 0.480. The lowest BCUT2D eigenvalue weighted by Crippen LogP contribution is -1.96. The molecule has 20 heavy (non-hydrogen) atoms. The molecular weight excluding hydrogens is 298 g/mol. The zero-order chi connectivity index (χ0) is 14.7. The van der Waals surface area contributed by atoms with Crippen LogP contribution in [0.5, 0.6) is 0 Å². The second kappa shape index (κ2) is 6.26. The highest BCUT2D eigenvalue weighted by Crippen LogP contribution is 2.39. The molecule has 0 fully saturated rings. The highest BCUT2D eigenvalue weighted by atomic mass is 35.5.